The lowest BCUT2D eigenvalue weighted by atomic mass is 9.98. The lowest BCUT2D eigenvalue weighted by molar-refractivity contribution is 0.0695. The largest absolute Gasteiger partial charge is 0.505 e. The van der Waals surface area contributed by atoms with Crippen molar-refractivity contribution in [3.05, 3.63) is 35.0 Å². The first-order chi connectivity index (χ1) is 8.41. The molecule has 0 saturated heterocycles. The number of nitrogens with zero attached hydrogens (tertiary/aromatic N) is 1. The van der Waals surface area contributed by atoms with Crippen LogP contribution in [0.25, 0.3) is 10.9 Å². The van der Waals surface area contributed by atoms with Gasteiger partial charge in [0, 0.05) is 5.39 Å². The number of pyridine rings is 1. The molecule has 0 radical (unpaired) electrons. The monoisotopic (exact) mass is 245 g/mol. The van der Waals surface area contributed by atoms with Crippen LogP contribution in [0.5, 0.6) is 5.75 Å². The molecule has 1 aromatic carbocycles. The van der Waals surface area contributed by atoms with Crippen LogP contribution >= 0.6 is 0 Å². The summed E-state index contributed by atoms with van der Waals surface area (Å²) >= 11 is 0. The summed E-state index contributed by atoms with van der Waals surface area (Å²) in [6.07, 6.45) is 0. The Kier molecular flexibility index (Phi) is 2.95. The number of aromatic hydroxyl groups is 1. The quantitative estimate of drug-likeness (QED) is 0.853. The second-order valence-corrected chi connectivity index (χ2v) is 4.66. The second-order valence-electron chi connectivity index (χ2n) is 4.66. The fraction of sp³-hybridized carbons (Fsp3) is 0.286. The van der Waals surface area contributed by atoms with Gasteiger partial charge in [-0.05, 0) is 30.5 Å². The number of benzene rings is 1. The molecule has 2 rings (SSSR count). The topological polar surface area (TPSA) is 70.4 Å². The summed E-state index contributed by atoms with van der Waals surface area (Å²) in [5, 5.41) is 19.6. The summed E-state index contributed by atoms with van der Waals surface area (Å²) in [6, 6.07) is 5.52. The van der Waals surface area contributed by atoms with Crippen LogP contribution in [0.2, 0.25) is 0 Å². The van der Waals surface area contributed by atoms with E-state index in [0.717, 1.165) is 5.56 Å². The summed E-state index contributed by atoms with van der Waals surface area (Å²) in [7, 11) is 0. The first kappa shape index (κ1) is 12.4. The van der Waals surface area contributed by atoms with Crippen molar-refractivity contribution in [1.29, 1.82) is 0 Å². The number of aromatic carboxylic acids is 1. The second kappa shape index (κ2) is 4.29. The van der Waals surface area contributed by atoms with E-state index in [1.165, 1.54) is 0 Å². The van der Waals surface area contributed by atoms with Crippen LogP contribution in [0, 0.1) is 6.92 Å². The van der Waals surface area contributed by atoms with Gasteiger partial charge >= 0.3 is 5.97 Å². The molecule has 1 heterocycles. The van der Waals surface area contributed by atoms with Gasteiger partial charge in [-0.25, -0.2) is 9.78 Å². The third-order valence-electron chi connectivity index (χ3n) is 3.04. The predicted molar refractivity (Wildman–Crippen MR) is 69.2 cm³/mol. The Balaban J connectivity index is 2.87. The molecule has 1 aromatic heterocycles. The standard InChI is InChI=1S/C14H15NO3/c1-7(2)9-4-5-11-10(6-9)12(14(17)18)13(16)8(3)15-11/h4-7,16H,1-3H3,(H,17,18). The molecular formula is C14H15NO3. The van der Waals surface area contributed by atoms with Crippen molar-refractivity contribution < 1.29 is 15.0 Å². The van der Waals surface area contributed by atoms with E-state index in [4.69, 9.17) is 0 Å². The smallest absolute Gasteiger partial charge is 0.340 e. The molecule has 0 unspecified atom stereocenters. The van der Waals surface area contributed by atoms with Crippen molar-refractivity contribution in [3.63, 3.8) is 0 Å². The molecular weight excluding hydrogens is 230 g/mol. The van der Waals surface area contributed by atoms with Gasteiger partial charge in [-0.15, -0.1) is 0 Å². The zero-order valence-electron chi connectivity index (χ0n) is 10.6. The first-order valence-corrected chi connectivity index (χ1v) is 5.78. The highest BCUT2D eigenvalue weighted by atomic mass is 16.4. The maximum atomic E-state index is 11.3. The van der Waals surface area contributed by atoms with Gasteiger partial charge in [-0.3, -0.25) is 0 Å². The molecule has 2 N–H and O–H groups in total. The molecule has 0 fully saturated rings. The molecule has 0 aliphatic heterocycles. The molecule has 4 heteroatoms. The number of carboxylic acids is 1. The SMILES string of the molecule is Cc1nc2ccc(C(C)C)cc2c(C(=O)O)c1O. The normalized spacial score (nSPS) is 11.1. The molecule has 0 saturated carbocycles. The molecule has 18 heavy (non-hydrogen) atoms. The van der Waals surface area contributed by atoms with Crippen molar-refractivity contribution in [3.8, 4) is 5.75 Å². The van der Waals surface area contributed by atoms with E-state index in [9.17, 15) is 15.0 Å². The minimum atomic E-state index is -1.14. The molecule has 0 amide bonds. The predicted octanol–water partition coefficient (Wildman–Crippen LogP) is 3.07. The Morgan fingerprint density at radius 3 is 2.56 bits per heavy atom. The molecule has 0 aliphatic rings. The molecule has 94 valence electrons. The zero-order valence-corrected chi connectivity index (χ0v) is 10.6. The maximum Gasteiger partial charge on any atom is 0.340 e. The summed E-state index contributed by atoms with van der Waals surface area (Å²) in [5.74, 6) is -1.10. The number of aromatic nitrogens is 1. The van der Waals surface area contributed by atoms with E-state index in [2.05, 4.69) is 4.98 Å². The van der Waals surface area contributed by atoms with Crippen molar-refractivity contribution in [1.82, 2.24) is 4.98 Å². The highest BCUT2D eigenvalue weighted by Gasteiger charge is 2.18. The van der Waals surface area contributed by atoms with Crippen LogP contribution in [-0.2, 0) is 0 Å². The molecule has 4 nitrogen and oxygen atoms in total. The lowest BCUT2D eigenvalue weighted by Gasteiger charge is -2.11. The van der Waals surface area contributed by atoms with Crippen molar-refractivity contribution in [2.45, 2.75) is 26.7 Å². The highest BCUT2D eigenvalue weighted by molar-refractivity contribution is 6.05. The lowest BCUT2D eigenvalue weighted by Crippen LogP contribution is -2.02. The first-order valence-electron chi connectivity index (χ1n) is 5.78. The highest BCUT2D eigenvalue weighted by Crippen LogP contribution is 2.30. The van der Waals surface area contributed by atoms with Crippen LogP contribution < -0.4 is 0 Å². The van der Waals surface area contributed by atoms with Crippen LogP contribution in [0.4, 0.5) is 0 Å². The summed E-state index contributed by atoms with van der Waals surface area (Å²) in [6.45, 7) is 5.66. The van der Waals surface area contributed by atoms with Gasteiger partial charge in [-0.1, -0.05) is 19.9 Å². The maximum absolute atomic E-state index is 11.3. The van der Waals surface area contributed by atoms with Crippen LogP contribution in [0.15, 0.2) is 18.2 Å². The average molecular weight is 245 g/mol. The van der Waals surface area contributed by atoms with Crippen LogP contribution in [-0.4, -0.2) is 21.2 Å². The average Bonchev–Trinajstić information content (AvgIpc) is 2.29. The van der Waals surface area contributed by atoms with Crippen molar-refractivity contribution in [2.24, 2.45) is 0 Å². The fourth-order valence-electron chi connectivity index (χ4n) is 1.97. The van der Waals surface area contributed by atoms with Gasteiger partial charge in [0.15, 0.2) is 5.75 Å². The third-order valence-corrected chi connectivity index (χ3v) is 3.04. The summed E-state index contributed by atoms with van der Waals surface area (Å²) in [4.78, 5) is 15.5. The van der Waals surface area contributed by atoms with Crippen LogP contribution in [0.3, 0.4) is 0 Å². The summed E-state index contributed by atoms with van der Waals surface area (Å²) in [5.41, 5.74) is 1.87. The Morgan fingerprint density at radius 1 is 1.33 bits per heavy atom. The number of carbonyl (C=O) groups is 1. The number of hydrogen-bond donors (Lipinski definition) is 2. The molecule has 0 atom stereocenters. The van der Waals surface area contributed by atoms with Gasteiger partial charge in [-0.2, -0.15) is 0 Å². The van der Waals surface area contributed by atoms with Crippen molar-refractivity contribution >= 4 is 16.9 Å². The summed E-state index contributed by atoms with van der Waals surface area (Å²) < 4.78 is 0. The number of aryl methyl sites for hydroxylation is 1. The van der Waals surface area contributed by atoms with Gasteiger partial charge in [0.25, 0.3) is 0 Å². The van der Waals surface area contributed by atoms with E-state index >= 15 is 0 Å². The minimum Gasteiger partial charge on any atom is -0.505 e. The van der Waals surface area contributed by atoms with E-state index in [1.807, 2.05) is 19.9 Å². The van der Waals surface area contributed by atoms with E-state index in [-0.39, 0.29) is 11.3 Å². The van der Waals surface area contributed by atoms with Gasteiger partial charge in [0.05, 0.1) is 11.2 Å². The Morgan fingerprint density at radius 2 is 2.00 bits per heavy atom. The Bertz CT molecular complexity index is 632. The molecule has 0 bridgehead atoms. The number of hydrogen-bond acceptors (Lipinski definition) is 3. The fourth-order valence-corrected chi connectivity index (χ4v) is 1.97. The number of carboxylic acid groups (broad SMARTS) is 1. The van der Waals surface area contributed by atoms with E-state index < -0.39 is 5.97 Å². The third kappa shape index (κ3) is 1.90. The Labute approximate surface area is 105 Å². The minimum absolute atomic E-state index is 0.0694. The van der Waals surface area contributed by atoms with E-state index in [1.54, 1.807) is 19.1 Å². The van der Waals surface area contributed by atoms with Crippen molar-refractivity contribution in [2.75, 3.05) is 0 Å². The number of fused-ring (bicyclic) bond motifs is 1. The molecule has 2 aromatic rings. The van der Waals surface area contributed by atoms with Gasteiger partial charge in [0.1, 0.15) is 5.56 Å². The molecule has 0 aliphatic carbocycles. The van der Waals surface area contributed by atoms with E-state index in [0.29, 0.717) is 22.5 Å². The molecule has 0 spiro atoms. The van der Waals surface area contributed by atoms with Crippen LogP contribution in [0.1, 0.15) is 41.4 Å². The number of rotatable bonds is 2. The Hall–Kier alpha value is -2.10. The van der Waals surface area contributed by atoms with Gasteiger partial charge < -0.3 is 10.2 Å². The zero-order chi connectivity index (χ0) is 13.4. The van der Waals surface area contributed by atoms with Gasteiger partial charge in [0.2, 0.25) is 0 Å².